The summed E-state index contributed by atoms with van der Waals surface area (Å²) in [6.45, 7) is 2.14. The summed E-state index contributed by atoms with van der Waals surface area (Å²) < 4.78 is 39.3. The fraction of sp³-hybridized carbons (Fsp3) is 0.208. The maximum Gasteiger partial charge on any atom is 0.273 e. The van der Waals surface area contributed by atoms with Crippen LogP contribution in [-0.4, -0.2) is 50.5 Å². The molecule has 11 heteroatoms. The largest absolute Gasteiger partial charge is 0.486 e. The van der Waals surface area contributed by atoms with Gasteiger partial charge in [0.1, 0.15) is 6.61 Å². The number of para-hydroxylation sites is 2. The molecule has 0 aliphatic carbocycles. The van der Waals surface area contributed by atoms with Gasteiger partial charge in [-0.05, 0) is 49.4 Å². The van der Waals surface area contributed by atoms with E-state index >= 15 is 0 Å². The van der Waals surface area contributed by atoms with Crippen LogP contribution in [0.3, 0.4) is 0 Å². The molecule has 1 unspecified atom stereocenters. The fourth-order valence-corrected chi connectivity index (χ4v) is 4.69. The van der Waals surface area contributed by atoms with Crippen LogP contribution in [0, 0.1) is 17.0 Å². The maximum absolute atomic E-state index is 12.8. The minimum absolute atomic E-state index is 0.216. The quantitative estimate of drug-likeness (QED) is 0.390. The summed E-state index contributed by atoms with van der Waals surface area (Å²) in [5, 5.41) is 11.1. The first-order valence-corrected chi connectivity index (χ1v) is 12.1. The standard InChI is InChI=1S/C24H23N3O7S/c1-16-7-12-20(13-21(16)27(29)30)35(31,32)25-18-10-8-17(9-11-18)24(28)26(2)14-19-15-33-22-5-3-4-6-23(22)34-19/h3-13,19,25H,14-15H2,1-2H3. The Hall–Kier alpha value is -4.12. The Labute approximate surface area is 202 Å². The smallest absolute Gasteiger partial charge is 0.273 e. The Morgan fingerprint density at radius 1 is 1.11 bits per heavy atom. The number of nitro groups is 1. The number of sulfonamides is 1. The van der Waals surface area contributed by atoms with E-state index in [4.69, 9.17) is 9.47 Å². The number of benzene rings is 3. The Kier molecular flexibility index (Phi) is 6.61. The van der Waals surface area contributed by atoms with Gasteiger partial charge in [-0.3, -0.25) is 19.6 Å². The number of amides is 1. The van der Waals surface area contributed by atoms with Crippen LogP contribution in [-0.2, 0) is 10.0 Å². The number of hydrogen-bond donors (Lipinski definition) is 1. The van der Waals surface area contributed by atoms with E-state index in [1.807, 2.05) is 18.2 Å². The van der Waals surface area contributed by atoms with Crippen molar-refractivity contribution in [3.05, 3.63) is 88.0 Å². The zero-order valence-electron chi connectivity index (χ0n) is 19.0. The third-order valence-electron chi connectivity index (χ3n) is 5.46. The fourth-order valence-electron chi connectivity index (χ4n) is 3.61. The normalized spacial score (nSPS) is 14.7. The van der Waals surface area contributed by atoms with E-state index in [2.05, 4.69) is 4.72 Å². The second-order valence-electron chi connectivity index (χ2n) is 8.07. The van der Waals surface area contributed by atoms with Crippen molar-refractivity contribution in [3.63, 3.8) is 0 Å². The van der Waals surface area contributed by atoms with E-state index in [-0.39, 0.29) is 28.3 Å². The van der Waals surface area contributed by atoms with E-state index in [0.29, 0.717) is 35.8 Å². The number of anilines is 1. The van der Waals surface area contributed by atoms with Crippen LogP contribution in [0.1, 0.15) is 15.9 Å². The van der Waals surface area contributed by atoms with Crippen molar-refractivity contribution in [3.8, 4) is 11.5 Å². The van der Waals surface area contributed by atoms with Gasteiger partial charge in [-0.25, -0.2) is 8.42 Å². The SMILES string of the molecule is Cc1ccc(S(=O)(=O)Nc2ccc(C(=O)N(C)CC3COc4ccccc4O3)cc2)cc1[N+](=O)[O-]. The van der Waals surface area contributed by atoms with Crippen LogP contribution in [0.15, 0.2) is 71.6 Å². The first-order valence-electron chi connectivity index (χ1n) is 10.7. The highest BCUT2D eigenvalue weighted by Gasteiger charge is 2.24. The number of nitrogens with one attached hydrogen (secondary N) is 1. The van der Waals surface area contributed by atoms with Crippen molar-refractivity contribution in [1.29, 1.82) is 0 Å². The molecule has 0 radical (unpaired) electrons. The number of carbonyl (C=O) groups excluding carboxylic acids is 1. The van der Waals surface area contributed by atoms with Crippen LogP contribution in [0.5, 0.6) is 11.5 Å². The molecule has 35 heavy (non-hydrogen) atoms. The first-order chi connectivity index (χ1) is 16.6. The van der Waals surface area contributed by atoms with Gasteiger partial charge < -0.3 is 14.4 Å². The zero-order valence-corrected chi connectivity index (χ0v) is 19.8. The second-order valence-corrected chi connectivity index (χ2v) is 9.75. The summed E-state index contributed by atoms with van der Waals surface area (Å²) in [5.74, 6) is 1.02. The highest BCUT2D eigenvalue weighted by molar-refractivity contribution is 7.92. The molecule has 1 atom stereocenters. The minimum atomic E-state index is -4.06. The number of nitro benzene ring substituents is 1. The molecule has 1 N–H and O–H groups in total. The van der Waals surface area contributed by atoms with E-state index in [0.717, 1.165) is 6.07 Å². The number of rotatable bonds is 7. The molecule has 1 heterocycles. The van der Waals surface area contributed by atoms with Crippen molar-refractivity contribution >= 4 is 27.3 Å². The lowest BCUT2D eigenvalue weighted by molar-refractivity contribution is -0.385. The Balaban J connectivity index is 1.41. The van der Waals surface area contributed by atoms with Crippen molar-refractivity contribution in [2.75, 3.05) is 24.9 Å². The van der Waals surface area contributed by atoms with Crippen molar-refractivity contribution < 1.29 is 27.6 Å². The molecule has 0 fully saturated rings. The number of ether oxygens (including phenoxy) is 2. The zero-order chi connectivity index (χ0) is 25.2. The van der Waals surface area contributed by atoms with Gasteiger partial charge in [0, 0.05) is 29.9 Å². The van der Waals surface area contributed by atoms with E-state index in [1.54, 1.807) is 13.1 Å². The molecule has 10 nitrogen and oxygen atoms in total. The number of carbonyl (C=O) groups is 1. The molecule has 0 spiro atoms. The summed E-state index contributed by atoms with van der Waals surface area (Å²) in [5.41, 5.74) is 0.648. The lowest BCUT2D eigenvalue weighted by Gasteiger charge is -2.29. The molecule has 182 valence electrons. The summed E-state index contributed by atoms with van der Waals surface area (Å²) in [6, 6.07) is 16.9. The van der Waals surface area contributed by atoms with Crippen LogP contribution in [0.2, 0.25) is 0 Å². The molecular formula is C24H23N3O7S. The van der Waals surface area contributed by atoms with Gasteiger partial charge in [0.15, 0.2) is 17.6 Å². The summed E-state index contributed by atoms with van der Waals surface area (Å²) >= 11 is 0. The van der Waals surface area contributed by atoms with E-state index in [9.17, 15) is 23.3 Å². The maximum atomic E-state index is 12.8. The van der Waals surface area contributed by atoms with Crippen LogP contribution in [0.25, 0.3) is 0 Å². The highest BCUT2D eigenvalue weighted by atomic mass is 32.2. The average molecular weight is 498 g/mol. The third kappa shape index (κ3) is 5.35. The molecule has 3 aromatic carbocycles. The Morgan fingerprint density at radius 2 is 1.80 bits per heavy atom. The van der Waals surface area contributed by atoms with E-state index < -0.39 is 14.9 Å². The van der Waals surface area contributed by atoms with Crippen molar-refractivity contribution in [2.45, 2.75) is 17.9 Å². The van der Waals surface area contributed by atoms with Gasteiger partial charge in [0.25, 0.3) is 21.6 Å². The highest BCUT2D eigenvalue weighted by Crippen LogP contribution is 2.31. The van der Waals surface area contributed by atoms with Crippen molar-refractivity contribution in [2.24, 2.45) is 0 Å². The number of fused-ring (bicyclic) bond motifs is 1. The number of hydrogen-bond acceptors (Lipinski definition) is 7. The van der Waals surface area contributed by atoms with Crippen molar-refractivity contribution in [1.82, 2.24) is 4.90 Å². The average Bonchev–Trinajstić information content (AvgIpc) is 2.83. The van der Waals surface area contributed by atoms with Gasteiger partial charge in [0.2, 0.25) is 0 Å². The first kappa shape index (κ1) is 24.0. The summed E-state index contributed by atoms with van der Waals surface area (Å²) in [7, 11) is -2.41. The van der Waals surface area contributed by atoms with Gasteiger partial charge >= 0.3 is 0 Å². The molecule has 0 saturated heterocycles. The van der Waals surface area contributed by atoms with Crippen LogP contribution in [0.4, 0.5) is 11.4 Å². The summed E-state index contributed by atoms with van der Waals surface area (Å²) in [4.78, 5) is 24.6. The number of likely N-dealkylation sites (N-methyl/N-ethyl adjacent to an activating group) is 1. The van der Waals surface area contributed by atoms with Crippen LogP contribution >= 0.6 is 0 Å². The van der Waals surface area contributed by atoms with Gasteiger partial charge in [-0.2, -0.15) is 0 Å². The molecule has 1 amide bonds. The Bertz CT molecular complexity index is 1370. The predicted molar refractivity (Wildman–Crippen MR) is 128 cm³/mol. The molecule has 0 saturated carbocycles. The third-order valence-corrected chi connectivity index (χ3v) is 6.84. The monoisotopic (exact) mass is 497 g/mol. The topological polar surface area (TPSA) is 128 Å². The Morgan fingerprint density at radius 3 is 2.49 bits per heavy atom. The second kappa shape index (κ2) is 9.63. The lowest BCUT2D eigenvalue weighted by atomic mass is 10.2. The minimum Gasteiger partial charge on any atom is -0.486 e. The van der Waals surface area contributed by atoms with Gasteiger partial charge in [-0.15, -0.1) is 0 Å². The molecule has 3 aromatic rings. The number of nitrogens with zero attached hydrogens (tertiary/aromatic N) is 2. The molecule has 1 aliphatic heterocycles. The molecule has 0 bridgehead atoms. The number of aryl methyl sites for hydroxylation is 1. The predicted octanol–water partition coefficient (Wildman–Crippen LogP) is 3.62. The van der Waals surface area contributed by atoms with Gasteiger partial charge in [-0.1, -0.05) is 18.2 Å². The van der Waals surface area contributed by atoms with Crippen LogP contribution < -0.4 is 14.2 Å². The van der Waals surface area contributed by atoms with Gasteiger partial charge in [0.05, 0.1) is 16.4 Å². The summed E-state index contributed by atoms with van der Waals surface area (Å²) in [6.07, 6.45) is -0.330. The lowest BCUT2D eigenvalue weighted by Crippen LogP contribution is -2.41. The van der Waals surface area contributed by atoms with E-state index in [1.165, 1.54) is 48.2 Å². The molecule has 0 aromatic heterocycles. The molecule has 4 rings (SSSR count). The molecule has 1 aliphatic rings. The molecular weight excluding hydrogens is 474 g/mol.